The summed E-state index contributed by atoms with van der Waals surface area (Å²) in [5.74, 6) is -0.193. The zero-order valence-corrected chi connectivity index (χ0v) is 11.2. The summed E-state index contributed by atoms with van der Waals surface area (Å²) in [4.78, 5) is 5.45. The number of hydrogen-bond donors (Lipinski definition) is 0. The Bertz CT molecular complexity index is 521. The quantitative estimate of drug-likeness (QED) is 0.850. The largest absolute Gasteiger partial charge is 0.294 e. The van der Waals surface area contributed by atoms with E-state index in [1.54, 1.807) is 11.1 Å². The summed E-state index contributed by atoms with van der Waals surface area (Å²) in [6.07, 6.45) is 0. The summed E-state index contributed by atoms with van der Waals surface area (Å²) in [5, 5.41) is 1.90. The number of hydroxylamine groups is 2. The summed E-state index contributed by atoms with van der Waals surface area (Å²) in [7, 11) is -2.91. The second-order valence-electron chi connectivity index (χ2n) is 4.09. The zero-order valence-electron chi connectivity index (χ0n) is 9.60. The maximum atomic E-state index is 12.8. The van der Waals surface area contributed by atoms with Crippen LogP contribution in [0.5, 0.6) is 0 Å². The van der Waals surface area contributed by atoms with Crippen LogP contribution in [0.15, 0.2) is 18.2 Å². The van der Waals surface area contributed by atoms with Crippen LogP contribution in [0.1, 0.15) is 5.56 Å². The molecule has 0 bridgehead atoms. The molecule has 4 nitrogen and oxygen atoms in total. The average Bonchev–Trinajstić information content (AvgIpc) is 2.29. The molecular weight excluding hydrogens is 281 g/mol. The van der Waals surface area contributed by atoms with Gasteiger partial charge in [-0.3, -0.25) is 4.84 Å². The summed E-state index contributed by atoms with van der Waals surface area (Å²) in [5.41, 5.74) is 0.673. The van der Waals surface area contributed by atoms with Crippen molar-refractivity contribution in [3.05, 3.63) is 34.6 Å². The van der Waals surface area contributed by atoms with Crippen LogP contribution in [-0.4, -0.2) is 38.1 Å². The first-order valence-electron chi connectivity index (χ1n) is 5.48. The maximum Gasteiger partial charge on any atom is 0.153 e. The van der Waals surface area contributed by atoms with Crippen LogP contribution < -0.4 is 0 Å². The highest BCUT2D eigenvalue weighted by atomic mass is 35.5. The Balaban J connectivity index is 1.89. The SMILES string of the molecule is O=S1(=O)CCN(OCc2ccc(F)cc2Cl)CC1. The molecule has 1 saturated heterocycles. The van der Waals surface area contributed by atoms with Gasteiger partial charge in [0.25, 0.3) is 0 Å². The lowest BCUT2D eigenvalue weighted by molar-refractivity contribution is -0.164. The minimum Gasteiger partial charge on any atom is -0.294 e. The Morgan fingerprint density at radius 1 is 1.33 bits per heavy atom. The molecule has 0 unspecified atom stereocenters. The number of nitrogens with zero attached hydrogens (tertiary/aromatic N) is 1. The average molecular weight is 294 g/mol. The number of hydrogen-bond acceptors (Lipinski definition) is 4. The molecule has 1 aliphatic rings. The van der Waals surface area contributed by atoms with Crippen LogP contribution >= 0.6 is 11.6 Å². The molecule has 0 amide bonds. The summed E-state index contributed by atoms with van der Waals surface area (Å²) in [6.45, 7) is 0.904. The molecule has 0 spiro atoms. The molecule has 100 valence electrons. The van der Waals surface area contributed by atoms with Crippen molar-refractivity contribution in [1.29, 1.82) is 0 Å². The Labute approximate surface area is 110 Å². The molecule has 1 aromatic carbocycles. The third kappa shape index (κ3) is 3.65. The van der Waals surface area contributed by atoms with E-state index in [1.807, 2.05) is 0 Å². The van der Waals surface area contributed by atoms with Crippen LogP contribution in [0, 0.1) is 5.82 Å². The molecule has 7 heteroatoms. The predicted molar refractivity (Wildman–Crippen MR) is 66.4 cm³/mol. The minimum absolute atomic E-state index is 0.101. The summed E-state index contributed by atoms with van der Waals surface area (Å²) >= 11 is 5.86. The molecule has 1 heterocycles. The molecule has 0 saturated carbocycles. The predicted octanol–water partition coefficient (Wildman–Crippen LogP) is 1.64. The fraction of sp³-hybridized carbons (Fsp3) is 0.455. The van der Waals surface area contributed by atoms with Gasteiger partial charge in [0.05, 0.1) is 18.1 Å². The first-order valence-corrected chi connectivity index (χ1v) is 7.68. The van der Waals surface area contributed by atoms with Gasteiger partial charge in [0.1, 0.15) is 5.82 Å². The van der Waals surface area contributed by atoms with Gasteiger partial charge < -0.3 is 0 Å². The Kier molecular flexibility index (Phi) is 4.21. The molecule has 1 fully saturated rings. The molecule has 0 atom stereocenters. The van der Waals surface area contributed by atoms with E-state index in [0.717, 1.165) is 0 Å². The van der Waals surface area contributed by atoms with E-state index in [9.17, 15) is 12.8 Å². The molecule has 0 aliphatic carbocycles. The Morgan fingerprint density at radius 2 is 2.00 bits per heavy atom. The lowest BCUT2D eigenvalue weighted by Crippen LogP contribution is -2.40. The highest BCUT2D eigenvalue weighted by Crippen LogP contribution is 2.18. The lowest BCUT2D eigenvalue weighted by Gasteiger charge is -2.25. The third-order valence-corrected chi connectivity index (χ3v) is 4.68. The molecule has 1 aromatic rings. The van der Waals surface area contributed by atoms with Crippen molar-refractivity contribution in [1.82, 2.24) is 5.06 Å². The summed E-state index contributed by atoms with van der Waals surface area (Å²) in [6, 6.07) is 4.09. The second-order valence-corrected chi connectivity index (χ2v) is 6.80. The van der Waals surface area contributed by atoms with Crippen molar-refractivity contribution < 1.29 is 17.6 Å². The van der Waals surface area contributed by atoms with E-state index in [-0.39, 0.29) is 18.1 Å². The number of halogens is 2. The van der Waals surface area contributed by atoms with Crippen LogP contribution in [-0.2, 0) is 21.3 Å². The van der Waals surface area contributed by atoms with Crippen LogP contribution in [0.3, 0.4) is 0 Å². The van der Waals surface area contributed by atoms with Gasteiger partial charge in [-0.2, -0.15) is 5.06 Å². The molecular formula is C11H13ClFNO3S. The van der Waals surface area contributed by atoms with Crippen molar-refractivity contribution in [2.45, 2.75) is 6.61 Å². The normalized spacial score (nSPS) is 19.9. The molecule has 1 aliphatic heterocycles. The lowest BCUT2D eigenvalue weighted by atomic mass is 10.2. The molecule has 0 radical (unpaired) electrons. The van der Waals surface area contributed by atoms with Crippen molar-refractivity contribution in [3.63, 3.8) is 0 Å². The van der Waals surface area contributed by atoms with Crippen molar-refractivity contribution in [2.75, 3.05) is 24.6 Å². The van der Waals surface area contributed by atoms with Crippen LogP contribution in [0.25, 0.3) is 0 Å². The number of rotatable bonds is 3. The van der Waals surface area contributed by atoms with Crippen molar-refractivity contribution in [2.24, 2.45) is 0 Å². The first-order chi connectivity index (χ1) is 8.46. The second kappa shape index (κ2) is 5.52. The van der Waals surface area contributed by atoms with E-state index in [2.05, 4.69) is 0 Å². The van der Waals surface area contributed by atoms with Gasteiger partial charge in [-0.15, -0.1) is 0 Å². The van der Waals surface area contributed by atoms with Gasteiger partial charge in [0.2, 0.25) is 0 Å². The van der Waals surface area contributed by atoms with E-state index in [0.29, 0.717) is 23.7 Å². The van der Waals surface area contributed by atoms with E-state index in [4.69, 9.17) is 16.4 Å². The first kappa shape index (κ1) is 13.7. The molecule has 0 N–H and O–H groups in total. The van der Waals surface area contributed by atoms with E-state index in [1.165, 1.54) is 12.1 Å². The minimum atomic E-state index is -2.91. The molecule has 2 rings (SSSR count). The van der Waals surface area contributed by atoms with E-state index >= 15 is 0 Å². The maximum absolute atomic E-state index is 12.8. The smallest absolute Gasteiger partial charge is 0.153 e. The van der Waals surface area contributed by atoms with Crippen molar-refractivity contribution >= 4 is 21.4 Å². The highest BCUT2D eigenvalue weighted by Gasteiger charge is 2.22. The summed E-state index contributed by atoms with van der Waals surface area (Å²) < 4.78 is 35.3. The highest BCUT2D eigenvalue weighted by molar-refractivity contribution is 7.91. The molecule has 0 aromatic heterocycles. The molecule has 18 heavy (non-hydrogen) atoms. The fourth-order valence-electron chi connectivity index (χ4n) is 1.62. The Morgan fingerprint density at radius 3 is 2.61 bits per heavy atom. The number of sulfone groups is 1. The monoisotopic (exact) mass is 293 g/mol. The van der Waals surface area contributed by atoms with Crippen molar-refractivity contribution in [3.8, 4) is 0 Å². The van der Waals surface area contributed by atoms with Gasteiger partial charge in [-0.25, -0.2) is 12.8 Å². The topological polar surface area (TPSA) is 46.6 Å². The van der Waals surface area contributed by atoms with Gasteiger partial charge >= 0.3 is 0 Å². The standard InChI is InChI=1S/C11H13ClFNO3S/c12-11-7-10(13)2-1-9(11)8-17-14-3-5-18(15,16)6-4-14/h1-2,7H,3-6,8H2. The third-order valence-electron chi connectivity index (χ3n) is 2.72. The van der Waals surface area contributed by atoms with Crippen LogP contribution in [0.2, 0.25) is 5.02 Å². The van der Waals surface area contributed by atoms with Gasteiger partial charge in [0, 0.05) is 18.1 Å². The number of benzene rings is 1. The van der Waals surface area contributed by atoms with Crippen LogP contribution in [0.4, 0.5) is 4.39 Å². The van der Waals surface area contributed by atoms with Gasteiger partial charge in [-0.05, 0) is 17.7 Å². The Hall–Kier alpha value is -0.690. The zero-order chi connectivity index (χ0) is 13.2. The van der Waals surface area contributed by atoms with E-state index < -0.39 is 15.7 Å². The van der Waals surface area contributed by atoms with Gasteiger partial charge in [0.15, 0.2) is 9.84 Å². The fourth-order valence-corrected chi connectivity index (χ4v) is 3.01. The van der Waals surface area contributed by atoms with Gasteiger partial charge in [-0.1, -0.05) is 17.7 Å².